The summed E-state index contributed by atoms with van der Waals surface area (Å²) in [5.74, 6) is 0.420. The van der Waals surface area contributed by atoms with Crippen LogP contribution in [0.3, 0.4) is 0 Å². The molecule has 0 spiro atoms. The van der Waals surface area contributed by atoms with Gasteiger partial charge in [-0.1, -0.05) is 18.5 Å². The Morgan fingerprint density at radius 1 is 1.14 bits per heavy atom. The van der Waals surface area contributed by atoms with Gasteiger partial charge in [-0.15, -0.1) is 11.8 Å². The number of fused-ring (bicyclic) bond motifs is 1. The highest BCUT2D eigenvalue weighted by Crippen LogP contribution is 2.33. The summed E-state index contributed by atoms with van der Waals surface area (Å²) >= 11 is 7.28. The Morgan fingerprint density at radius 3 is 2.45 bits per heavy atom. The molecule has 0 unspecified atom stereocenters. The summed E-state index contributed by atoms with van der Waals surface area (Å²) in [5.41, 5.74) is 0.934. The highest BCUT2D eigenvalue weighted by atomic mass is 35.5. The highest BCUT2D eigenvalue weighted by molar-refractivity contribution is 7.99. The van der Waals surface area contributed by atoms with Crippen molar-refractivity contribution in [1.29, 1.82) is 0 Å². The maximum Gasteiger partial charge on any atom is 0.284 e. The standard InChI is InChI=1S/C15H12ClN3O2S/c1-3-22-13-11-12(17-8(2)18-13)15(21)19(14(11)20)10-6-4-9(16)5-7-10/h4-7H,3H2,1-2H3. The van der Waals surface area contributed by atoms with Gasteiger partial charge in [0.2, 0.25) is 0 Å². The largest absolute Gasteiger partial charge is 0.284 e. The predicted octanol–water partition coefficient (Wildman–Crippen LogP) is 3.35. The van der Waals surface area contributed by atoms with Gasteiger partial charge >= 0.3 is 0 Å². The van der Waals surface area contributed by atoms with Crippen molar-refractivity contribution in [3.8, 4) is 0 Å². The van der Waals surface area contributed by atoms with E-state index in [1.165, 1.54) is 11.8 Å². The van der Waals surface area contributed by atoms with E-state index < -0.39 is 11.8 Å². The number of halogens is 1. The Kier molecular flexibility index (Phi) is 3.88. The van der Waals surface area contributed by atoms with Crippen LogP contribution in [0.2, 0.25) is 5.02 Å². The van der Waals surface area contributed by atoms with Crippen LogP contribution >= 0.6 is 23.4 Å². The zero-order chi connectivity index (χ0) is 15.9. The molecule has 0 radical (unpaired) electrons. The van der Waals surface area contributed by atoms with Crippen LogP contribution in [0.1, 0.15) is 33.6 Å². The number of thioether (sulfide) groups is 1. The molecule has 0 saturated heterocycles. The van der Waals surface area contributed by atoms with Crippen molar-refractivity contribution in [2.75, 3.05) is 10.7 Å². The molecule has 0 fully saturated rings. The normalized spacial score (nSPS) is 13.7. The number of hydrogen-bond acceptors (Lipinski definition) is 5. The second-order valence-corrected chi connectivity index (χ2v) is 6.34. The number of carbonyl (C=O) groups excluding carboxylic acids is 2. The monoisotopic (exact) mass is 333 g/mol. The average molecular weight is 334 g/mol. The second-order valence-electron chi connectivity index (χ2n) is 4.65. The summed E-state index contributed by atoms with van der Waals surface area (Å²) in [4.78, 5) is 34.8. The van der Waals surface area contributed by atoms with E-state index in [4.69, 9.17) is 11.6 Å². The van der Waals surface area contributed by atoms with E-state index in [-0.39, 0.29) is 11.3 Å². The molecular formula is C15H12ClN3O2S. The highest BCUT2D eigenvalue weighted by Gasteiger charge is 2.41. The van der Waals surface area contributed by atoms with E-state index >= 15 is 0 Å². The van der Waals surface area contributed by atoms with Crippen LogP contribution in [-0.2, 0) is 0 Å². The van der Waals surface area contributed by atoms with Crippen molar-refractivity contribution in [1.82, 2.24) is 9.97 Å². The maximum absolute atomic E-state index is 12.7. The molecule has 1 aliphatic heterocycles. The van der Waals surface area contributed by atoms with E-state index in [0.29, 0.717) is 21.6 Å². The molecule has 22 heavy (non-hydrogen) atoms. The van der Waals surface area contributed by atoms with Crippen LogP contribution in [0.4, 0.5) is 5.69 Å². The number of imide groups is 1. The first-order valence-electron chi connectivity index (χ1n) is 6.68. The lowest BCUT2D eigenvalue weighted by atomic mass is 10.2. The first kappa shape index (κ1) is 15.0. The number of aromatic nitrogens is 2. The van der Waals surface area contributed by atoms with Crippen LogP contribution < -0.4 is 4.90 Å². The van der Waals surface area contributed by atoms with E-state index in [1.54, 1.807) is 31.2 Å². The molecule has 3 rings (SSSR count). The predicted molar refractivity (Wildman–Crippen MR) is 85.8 cm³/mol. The number of rotatable bonds is 3. The molecule has 2 amide bonds. The molecule has 2 heterocycles. The Balaban J connectivity index is 2.12. The summed E-state index contributed by atoms with van der Waals surface area (Å²) in [6, 6.07) is 6.55. The number of hydrogen-bond donors (Lipinski definition) is 0. The number of nitrogens with zero attached hydrogens (tertiary/aromatic N) is 3. The van der Waals surface area contributed by atoms with Crippen molar-refractivity contribution in [3.63, 3.8) is 0 Å². The Labute approximate surface area is 136 Å². The lowest BCUT2D eigenvalue weighted by Gasteiger charge is -2.13. The van der Waals surface area contributed by atoms with Crippen molar-refractivity contribution in [2.24, 2.45) is 0 Å². The minimum atomic E-state index is -0.425. The van der Waals surface area contributed by atoms with Crippen molar-refractivity contribution in [3.05, 3.63) is 46.4 Å². The molecule has 1 aromatic carbocycles. The topological polar surface area (TPSA) is 63.2 Å². The molecule has 0 aliphatic carbocycles. The molecule has 0 bridgehead atoms. The van der Waals surface area contributed by atoms with Crippen LogP contribution in [0.25, 0.3) is 0 Å². The van der Waals surface area contributed by atoms with Crippen LogP contribution in [-0.4, -0.2) is 27.5 Å². The third-order valence-corrected chi connectivity index (χ3v) is 4.29. The Hall–Kier alpha value is -1.92. The van der Waals surface area contributed by atoms with Crippen LogP contribution in [0, 0.1) is 6.92 Å². The van der Waals surface area contributed by atoms with Gasteiger partial charge in [0.25, 0.3) is 11.8 Å². The number of aryl methyl sites for hydroxylation is 1. The van der Waals surface area contributed by atoms with Crippen molar-refractivity contribution in [2.45, 2.75) is 18.9 Å². The van der Waals surface area contributed by atoms with Crippen molar-refractivity contribution < 1.29 is 9.59 Å². The van der Waals surface area contributed by atoms with Gasteiger partial charge in [-0.2, -0.15) is 0 Å². The van der Waals surface area contributed by atoms with E-state index in [1.807, 2.05) is 6.92 Å². The third kappa shape index (κ3) is 2.38. The van der Waals surface area contributed by atoms with Crippen LogP contribution in [0.5, 0.6) is 0 Å². The summed E-state index contributed by atoms with van der Waals surface area (Å²) in [7, 11) is 0. The molecule has 1 aliphatic rings. The van der Waals surface area contributed by atoms with Gasteiger partial charge in [0.05, 0.1) is 5.69 Å². The molecule has 0 atom stereocenters. The number of amides is 2. The van der Waals surface area contributed by atoms with E-state index in [9.17, 15) is 9.59 Å². The SMILES string of the molecule is CCSc1nc(C)nc2c1C(=O)N(c1ccc(Cl)cc1)C2=O. The van der Waals surface area contributed by atoms with Gasteiger partial charge in [-0.05, 0) is 36.9 Å². The quantitative estimate of drug-likeness (QED) is 0.489. The van der Waals surface area contributed by atoms with Gasteiger partial charge < -0.3 is 0 Å². The minimum Gasteiger partial charge on any atom is -0.268 e. The zero-order valence-corrected chi connectivity index (χ0v) is 13.5. The third-order valence-electron chi connectivity index (χ3n) is 3.18. The minimum absolute atomic E-state index is 0.170. The molecule has 112 valence electrons. The lowest BCUT2D eigenvalue weighted by molar-refractivity contribution is 0.0924. The smallest absolute Gasteiger partial charge is 0.268 e. The summed E-state index contributed by atoms with van der Waals surface area (Å²) in [6.07, 6.45) is 0. The van der Waals surface area contributed by atoms with Gasteiger partial charge in [-0.3, -0.25) is 9.59 Å². The first-order valence-corrected chi connectivity index (χ1v) is 8.05. The number of anilines is 1. The van der Waals surface area contributed by atoms with Gasteiger partial charge in [0.15, 0.2) is 0 Å². The fraction of sp³-hybridized carbons (Fsp3) is 0.200. The number of benzene rings is 1. The maximum atomic E-state index is 12.7. The second kappa shape index (κ2) is 5.70. The summed E-state index contributed by atoms with van der Waals surface area (Å²) in [5, 5.41) is 1.10. The molecule has 0 N–H and O–H groups in total. The molecule has 5 nitrogen and oxygen atoms in total. The van der Waals surface area contributed by atoms with Gasteiger partial charge in [0, 0.05) is 5.02 Å². The molecule has 1 aromatic heterocycles. The van der Waals surface area contributed by atoms with Gasteiger partial charge in [0.1, 0.15) is 22.1 Å². The molecule has 0 saturated carbocycles. The van der Waals surface area contributed by atoms with Crippen molar-refractivity contribution >= 4 is 40.9 Å². The average Bonchev–Trinajstić information content (AvgIpc) is 2.72. The summed E-state index contributed by atoms with van der Waals surface area (Å²) in [6.45, 7) is 3.68. The fourth-order valence-corrected chi connectivity index (χ4v) is 3.19. The lowest BCUT2D eigenvalue weighted by Crippen LogP contribution is -2.29. The van der Waals surface area contributed by atoms with E-state index in [0.717, 1.165) is 10.7 Å². The van der Waals surface area contributed by atoms with E-state index in [2.05, 4.69) is 9.97 Å². The van der Waals surface area contributed by atoms with Gasteiger partial charge in [-0.25, -0.2) is 14.9 Å². The van der Waals surface area contributed by atoms with Crippen LogP contribution in [0.15, 0.2) is 29.3 Å². The zero-order valence-electron chi connectivity index (χ0n) is 12.0. The first-order chi connectivity index (χ1) is 10.5. The molecule has 2 aromatic rings. The summed E-state index contributed by atoms with van der Waals surface area (Å²) < 4.78 is 0. The Morgan fingerprint density at radius 2 is 1.82 bits per heavy atom. The fourth-order valence-electron chi connectivity index (χ4n) is 2.27. The Bertz CT molecular complexity index is 777. The molecule has 7 heteroatoms. The molecular weight excluding hydrogens is 322 g/mol. The number of carbonyl (C=O) groups is 2.